The van der Waals surface area contributed by atoms with Crippen LogP contribution in [0, 0.1) is 5.92 Å². The van der Waals surface area contributed by atoms with E-state index in [1.165, 1.54) is 0 Å². The fourth-order valence-electron chi connectivity index (χ4n) is 0.757. The maximum Gasteiger partial charge on any atom is 0.213 e. The Hall–Kier alpha value is -0.810. The second-order valence-corrected chi connectivity index (χ2v) is 2.89. The van der Waals surface area contributed by atoms with Gasteiger partial charge in [-0.15, -0.1) is 0 Å². The standard InChI is InChI=1S/C7H17N3O2/c1-5(2)6(4-12-3)9-7(8)10-11/h5-6,11H,4H2,1-3H3,(H3,8,9,10). The first kappa shape index (κ1) is 11.2. The van der Waals surface area contributed by atoms with Gasteiger partial charge in [0.05, 0.1) is 12.6 Å². The smallest absolute Gasteiger partial charge is 0.213 e. The molecule has 0 aromatic rings. The Balaban J connectivity index is 4.11. The Kier molecular flexibility index (Phi) is 5.40. The Bertz CT molecular complexity index is 148. The molecule has 0 aromatic carbocycles. The molecule has 0 rings (SSSR count). The number of aliphatic imine (C=N–C) groups is 1. The van der Waals surface area contributed by atoms with Crippen molar-refractivity contribution in [3.05, 3.63) is 0 Å². The fourth-order valence-corrected chi connectivity index (χ4v) is 0.757. The van der Waals surface area contributed by atoms with Gasteiger partial charge in [0.15, 0.2) is 0 Å². The Morgan fingerprint density at radius 2 is 2.25 bits per heavy atom. The van der Waals surface area contributed by atoms with E-state index in [-0.39, 0.29) is 12.0 Å². The first-order chi connectivity index (χ1) is 5.61. The van der Waals surface area contributed by atoms with Gasteiger partial charge in [-0.25, -0.2) is 10.5 Å². The van der Waals surface area contributed by atoms with Crippen LogP contribution in [-0.2, 0) is 4.74 Å². The Morgan fingerprint density at radius 3 is 2.58 bits per heavy atom. The van der Waals surface area contributed by atoms with Gasteiger partial charge in [-0.1, -0.05) is 13.8 Å². The number of guanidine groups is 1. The summed E-state index contributed by atoms with van der Waals surface area (Å²) in [4.78, 5) is 3.99. The third-order valence-corrected chi connectivity index (χ3v) is 1.53. The van der Waals surface area contributed by atoms with E-state index in [4.69, 9.17) is 15.7 Å². The van der Waals surface area contributed by atoms with Gasteiger partial charge in [0.25, 0.3) is 0 Å². The lowest BCUT2D eigenvalue weighted by Gasteiger charge is -2.15. The Morgan fingerprint density at radius 1 is 1.67 bits per heavy atom. The van der Waals surface area contributed by atoms with Crippen molar-refractivity contribution in [3.63, 3.8) is 0 Å². The molecule has 0 radical (unpaired) electrons. The van der Waals surface area contributed by atoms with Crippen LogP contribution in [0.3, 0.4) is 0 Å². The topological polar surface area (TPSA) is 79.9 Å². The highest BCUT2D eigenvalue weighted by Gasteiger charge is 2.11. The zero-order chi connectivity index (χ0) is 9.56. The van der Waals surface area contributed by atoms with Crippen LogP contribution in [0.25, 0.3) is 0 Å². The highest BCUT2D eigenvalue weighted by atomic mass is 16.5. The van der Waals surface area contributed by atoms with E-state index < -0.39 is 0 Å². The average Bonchev–Trinajstić information content (AvgIpc) is 2.03. The van der Waals surface area contributed by atoms with Crippen molar-refractivity contribution in [2.24, 2.45) is 16.6 Å². The fraction of sp³-hybridized carbons (Fsp3) is 0.857. The van der Waals surface area contributed by atoms with Crippen molar-refractivity contribution in [3.8, 4) is 0 Å². The molecule has 0 aliphatic rings. The molecule has 0 saturated carbocycles. The molecule has 0 saturated heterocycles. The number of hydrogen-bond donors (Lipinski definition) is 3. The van der Waals surface area contributed by atoms with E-state index in [0.29, 0.717) is 12.5 Å². The second-order valence-electron chi connectivity index (χ2n) is 2.89. The van der Waals surface area contributed by atoms with Gasteiger partial charge < -0.3 is 10.5 Å². The van der Waals surface area contributed by atoms with Gasteiger partial charge in [0.2, 0.25) is 5.96 Å². The van der Waals surface area contributed by atoms with Gasteiger partial charge >= 0.3 is 0 Å². The van der Waals surface area contributed by atoms with Gasteiger partial charge in [-0.2, -0.15) is 0 Å². The number of nitrogens with two attached hydrogens (primary N) is 1. The molecule has 0 amide bonds. The summed E-state index contributed by atoms with van der Waals surface area (Å²) in [5, 5.41) is 8.39. The number of nitrogens with zero attached hydrogens (tertiary/aromatic N) is 1. The number of hydroxylamine groups is 1. The first-order valence-electron chi connectivity index (χ1n) is 3.84. The van der Waals surface area contributed by atoms with Crippen molar-refractivity contribution >= 4 is 5.96 Å². The van der Waals surface area contributed by atoms with Gasteiger partial charge in [0, 0.05) is 7.11 Å². The highest BCUT2D eigenvalue weighted by Crippen LogP contribution is 2.05. The van der Waals surface area contributed by atoms with Gasteiger partial charge in [-0.05, 0) is 5.92 Å². The monoisotopic (exact) mass is 175 g/mol. The minimum absolute atomic E-state index is 0.0188. The largest absolute Gasteiger partial charge is 0.382 e. The molecule has 5 heteroatoms. The molecule has 0 aromatic heterocycles. The van der Waals surface area contributed by atoms with Crippen molar-refractivity contribution in [2.75, 3.05) is 13.7 Å². The lowest BCUT2D eigenvalue weighted by atomic mass is 10.1. The summed E-state index contributed by atoms with van der Waals surface area (Å²) in [6.45, 7) is 4.52. The molecule has 0 aliphatic carbocycles. The predicted octanol–water partition coefficient (Wildman–Crippen LogP) is -0.0491. The molecule has 0 heterocycles. The van der Waals surface area contributed by atoms with Crippen LogP contribution in [0.4, 0.5) is 0 Å². The van der Waals surface area contributed by atoms with Crippen molar-refractivity contribution in [1.82, 2.24) is 5.48 Å². The number of rotatable bonds is 4. The maximum atomic E-state index is 8.39. The van der Waals surface area contributed by atoms with Crippen molar-refractivity contribution in [2.45, 2.75) is 19.9 Å². The molecule has 5 nitrogen and oxygen atoms in total. The summed E-state index contributed by atoms with van der Waals surface area (Å²) in [5.74, 6) is 0.350. The van der Waals surface area contributed by atoms with Gasteiger partial charge in [0.1, 0.15) is 0 Å². The molecule has 72 valence electrons. The van der Waals surface area contributed by atoms with Gasteiger partial charge in [-0.3, -0.25) is 5.21 Å². The van der Waals surface area contributed by atoms with Crippen LogP contribution in [0.2, 0.25) is 0 Å². The summed E-state index contributed by atoms with van der Waals surface area (Å²) in [6.07, 6.45) is 0. The van der Waals surface area contributed by atoms with Crippen LogP contribution < -0.4 is 11.2 Å². The molecular formula is C7H17N3O2. The molecule has 0 bridgehead atoms. The molecule has 0 fully saturated rings. The summed E-state index contributed by atoms with van der Waals surface area (Å²) >= 11 is 0. The van der Waals surface area contributed by atoms with E-state index in [2.05, 4.69) is 4.99 Å². The minimum atomic E-state index is -0.0188. The number of ether oxygens (including phenoxy) is 1. The van der Waals surface area contributed by atoms with Crippen LogP contribution in [0.5, 0.6) is 0 Å². The predicted molar refractivity (Wildman–Crippen MR) is 47.0 cm³/mol. The number of methoxy groups -OCH3 is 1. The highest BCUT2D eigenvalue weighted by molar-refractivity contribution is 5.76. The zero-order valence-electron chi connectivity index (χ0n) is 7.74. The SMILES string of the molecule is COCC(N=C(N)NO)C(C)C. The lowest BCUT2D eigenvalue weighted by Crippen LogP contribution is -2.32. The van der Waals surface area contributed by atoms with Crippen LogP contribution >= 0.6 is 0 Å². The van der Waals surface area contributed by atoms with E-state index in [1.54, 1.807) is 12.6 Å². The molecule has 0 aliphatic heterocycles. The second kappa shape index (κ2) is 5.79. The average molecular weight is 175 g/mol. The number of hydrogen-bond acceptors (Lipinski definition) is 3. The molecular weight excluding hydrogens is 158 g/mol. The summed E-state index contributed by atoms with van der Waals surface area (Å²) in [6, 6.07) is -0.0188. The van der Waals surface area contributed by atoms with Crippen molar-refractivity contribution < 1.29 is 9.94 Å². The summed E-state index contributed by atoms with van der Waals surface area (Å²) in [7, 11) is 1.60. The first-order valence-corrected chi connectivity index (χ1v) is 3.84. The third kappa shape index (κ3) is 4.15. The van der Waals surface area contributed by atoms with E-state index >= 15 is 0 Å². The lowest BCUT2D eigenvalue weighted by molar-refractivity contribution is 0.163. The van der Waals surface area contributed by atoms with Crippen LogP contribution in [0.1, 0.15) is 13.8 Å². The van der Waals surface area contributed by atoms with Crippen LogP contribution in [-0.4, -0.2) is 30.9 Å². The molecule has 0 spiro atoms. The zero-order valence-corrected chi connectivity index (χ0v) is 7.74. The maximum absolute atomic E-state index is 8.39. The van der Waals surface area contributed by atoms with E-state index in [1.807, 2.05) is 13.8 Å². The number of nitrogens with one attached hydrogen (secondary N) is 1. The molecule has 1 atom stereocenters. The summed E-state index contributed by atoms with van der Waals surface area (Å²) in [5.41, 5.74) is 7.06. The Labute approximate surface area is 72.6 Å². The molecule has 12 heavy (non-hydrogen) atoms. The molecule has 4 N–H and O–H groups in total. The van der Waals surface area contributed by atoms with Crippen molar-refractivity contribution in [1.29, 1.82) is 0 Å². The normalized spacial score (nSPS) is 14.9. The summed E-state index contributed by atoms with van der Waals surface area (Å²) < 4.78 is 4.94. The molecule has 1 unspecified atom stereocenters. The minimum Gasteiger partial charge on any atom is -0.382 e. The van der Waals surface area contributed by atoms with Crippen LogP contribution in [0.15, 0.2) is 4.99 Å². The third-order valence-electron chi connectivity index (χ3n) is 1.53. The quantitative estimate of drug-likeness (QED) is 0.318. The van der Waals surface area contributed by atoms with E-state index in [9.17, 15) is 0 Å². The van der Waals surface area contributed by atoms with E-state index in [0.717, 1.165) is 0 Å².